The molecule has 2 rings (SSSR count). The number of nitrogens with zero attached hydrogens (tertiary/aromatic N) is 2. The summed E-state index contributed by atoms with van der Waals surface area (Å²) in [5.41, 5.74) is 8.08. The number of pyridine rings is 1. The predicted octanol–water partition coefficient (Wildman–Crippen LogP) is 1.99. The topological polar surface area (TPSA) is 79.5 Å². The van der Waals surface area contributed by atoms with Crippen molar-refractivity contribution in [2.75, 3.05) is 12.8 Å². The summed E-state index contributed by atoms with van der Waals surface area (Å²) in [6.07, 6.45) is 3.48. The molecule has 0 unspecified atom stereocenters. The van der Waals surface area contributed by atoms with E-state index >= 15 is 0 Å². The molecule has 2 aromatic rings. The van der Waals surface area contributed by atoms with Gasteiger partial charge in [-0.2, -0.15) is 0 Å². The number of carboxylic acids is 1. The first-order chi connectivity index (χ1) is 9.58. The van der Waals surface area contributed by atoms with Gasteiger partial charge in [0.25, 0.3) is 0 Å². The lowest BCUT2D eigenvalue weighted by atomic mass is 10.0. The first-order valence-corrected chi connectivity index (χ1v) is 6.26. The Kier molecular flexibility index (Phi) is 4.32. The maximum absolute atomic E-state index is 11.3. The largest absolute Gasteiger partial charge is 0.478 e. The Labute approximate surface area is 117 Å². The Morgan fingerprint density at radius 1 is 1.25 bits per heavy atom. The molecule has 3 N–H and O–H groups in total. The molecule has 1 aromatic heterocycles. The smallest absolute Gasteiger partial charge is 0.338 e. The number of nitrogen functional groups attached to an aromatic ring is 1. The zero-order valence-electron chi connectivity index (χ0n) is 11.3. The fraction of sp³-hybridized carbons (Fsp3) is 0.200. The molecule has 0 bridgehead atoms. The molecule has 20 heavy (non-hydrogen) atoms. The van der Waals surface area contributed by atoms with E-state index in [9.17, 15) is 9.90 Å². The Hall–Kier alpha value is -2.40. The van der Waals surface area contributed by atoms with E-state index in [1.807, 2.05) is 24.1 Å². The highest BCUT2D eigenvalue weighted by atomic mass is 16.4. The summed E-state index contributed by atoms with van der Waals surface area (Å²) in [6, 6.07) is 9.05. The van der Waals surface area contributed by atoms with Crippen molar-refractivity contribution < 1.29 is 9.90 Å². The van der Waals surface area contributed by atoms with E-state index in [4.69, 9.17) is 5.73 Å². The number of nitrogens with two attached hydrogens (primary N) is 1. The number of carbonyl (C=O) groups is 1. The summed E-state index contributed by atoms with van der Waals surface area (Å²) in [5, 5.41) is 9.24. The van der Waals surface area contributed by atoms with Crippen molar-refractivity contribution in [3.8, 4) is 0 Å². The van der Waals surface area contributed by atoms with Crippen molar-refractivity contribution >= 4 is 11.7 Å². The summed E-state index contributed by atoms with van der Waals surface area (Å²) >= 11 is 0. The molecule has 0 aliphatic carbocycles. The third-order valence-electron chi connectivity index (χ3n) is 3.04. The summed E-state index contributed by atoms with van der Waals surface area (Å²) in [7, 11) is 1.94. The Bertz CT molecular complexity index is 599. The van der Waals surface area contributed by atoms with E-state index < -0.39 is 5.97 Å². The molecule has 0 saturated heterocycles. The van der Waals surface area contributed by atoms with Gasteiger partial charge in [-0.15, -0.1) is 0 Å². The van der Waals surface area contributed by atoms with Crippen LogP contribution < -0.4 is 5.73 Å². The van der Waals surface area contributed by atoms with Gasteiger partial charge in [0, 0.05) is 31.2 Å². The second-order valence-corrected chi connectivity index (χ2v) is 4.71. The molecule has 0 atom stereocenters. The van der Waals surface area contributed by atoms with Gasteiger partial charge >= 0.3 is 5.97 Å². The number of aromatic nitrogens is 1. The highest BCUT2D eigenvalue weighted by molar-refractivity contribution is 5.95. The minimum atomic E-state index is -0.990. The van der Waals surface area contributed by atoms with E-state index in [1.54, 1.807) is 30.6 Å². The average molecular weight is 271 g/mol. The molecule has 1 heterocycles. The Morgan fingerprint density at radius 3 is 2.60 bits per heavy atom. The van der Waals surface area contributed by atoms with Gasteiger partial charge in [-0.05, 0) is 36.4 Å². The average Bonchev–Trinajstić information content (AvgIpc) is 2.39. The van der Waals surface area contributed by atoms with Crippen LogP contribution in [0, 0.1) is 0 Å². The fourth-order valence-corrected chi connectivity index (χ4v) is 2.16. The van der Waals surface area contributed by atoms with Gasteiger partial charge < -0.3 is 10.8 Å². The first kappa shape index (κ1) is 14.0. The van der Waals surface area contributed by atoms with Crippen LogP contribution in [0.15, 0.2) is 42.7 Å². The van der Waals surface area contributed by atoms with Gasteiger partial charge in [0.05, 0.1) is 5.56 Å². The van der Waals surface area contributed by atoms with Gasteiger partial charge in [0.15, 0.2) is 0 Å². The molecule has 0 saturated carbocycles. The van der Waals surface area contributed by atoms with Crippen molar-refractivity contribution in [2.24, 2.45) is 0 Å². The normalized spacial score (nSPS) is 10.7. The molecule has 5 heteroatoms. The van der Waals surface area contributed by atoms with Crippen LogP contribution in [0.4, 0.5) is 5.69 Å². The standard InChI is InChI=1S/C15H17N3O2/c1-18(9-11-5-7-17-8-6-11)10-12-3-2-4-13(16)14(12)15(19)20/h2-8H,9-10,16H2,1H3,(H,19,20). The van der Waals surface area contributed by atoms with Crippen molar-refractivity contribution in [3.05, 3.63) is 59.4 Å². The molecule has 0 amide bonds. The van der Waals surface area contributed by atoms with Crippen LogP contribution >= 0.6 is 0 Å². The summed E-state index contributed by atoms with van der Waals surface area (Å²) in [4.78, 5) is 17.3. The van der Waals surface area contributed by atoms with Crippen LogP contribution in [0.5, 0.6) is 0 Å². The molecule has 0 aliphatic rings. The minimum absolute atomic E-state index is 0.189. The number of hydrogen-bond acceptors (Lipinski definition) is 4. The van der Waals surface area contributed by atoms with E-state index in [0.29, 0.717) is 17.8 Å². The van der Waals surface area contributed by atoms with Crippen LogP contribution in [0.3, 0.4) is 0 Å². The number of hydrogen-bond donors (Lipinski definition) is 2. The highest BCUT2D eigenvalue weighted by Crippen LogP contribution is 2.19. The van der Waals surface area contributed by atoms with E-state index in [-0.39, 0.29) is 5.56 Å². The summed E-state index contributed by atoms with van der Waals surface area (Å²) < 4.78 is 0. The van der Waals surface area contributed by atoms with Gasteiger partial charge in [0.1, 0.15) is 0 Å². The number of rotatable bonds is 5. The summed E-state index contributed by atoms with van der Waals surface area (Å²) in [6.45, 7) is 1.24. The third-order valence-corrected chi connectivity index (χ3v) is 3.04. The van der Waals surface area contributed by atoms with Crippen LogP contribution in [0.25, 0.3) is 0 Å². The van der Waals surface area contributed by atoms with Gasteiger partial charge in [-0.3, -0.25) is 9.88 Å². The summed E-state index contributed by atoms with van der Waals surface area (Å²) in [5.74, 6) is -0.990. The predicted molar refractivity (Wildman–Crippen MR) is 77.2 cm³/mol. The van der Waals surface area contributed by atoms with E-state index in [2.05, 4.69) is 4.98 Å². The molecule has 0 radical (unpaired) electrons. The van der Waals surface area contributed by atoms with Crippen molar-refractivity contribution in [2.45, 2.75) is 13.1 Å². The van der Waals surface area contributed by atoms with Crippen molar-refractivity contribution in [1.82, 2.24) is 9.88 Å². The zero-order valence-corrected chi connectivity index (χ0v) is 11.3. The highest BCUT2D eigenvalue weighted by Gasteiger charge is 2.14. The lowest BCUT2D eigenvalue weighted by Gasteiger charge is -2.18. The molecule has 0 spiro atoms. The van der Waals surface area contributed by atoms with E-state index in [1.165, 1.54) is 0 Å². The number of aromatic carboxylic acids is 1. The van der Waals surface area contributed by atoms with Crippen LogP contribution in [0.2, 0.25) is 0 Å². The molecule has 0 fully saturated rings. The van der Waals surface area contributed by atoms with Crippen LogP contribution in [0.1, 0.15) is 21.5 Å². The first-order valence-electron chi connectivity index (χ1n) is 6.26. The van der Waals surface area contributed by atoms with Gasteiger partial charge in [-0.25, -0.2) is 4.79 Å². The van der Waals surface area contributed by atoms with Crippen LogP contribution in [-0.4, -0.2) is 28.0 Å². The lowest BCUT2D eigenvalue weighted by molar-refractivity contribution is 0.0696. The van der Waals surface area contributed by atoms with Gasteiger partial charge in [-0.1, -0.05) is 12.1 Å². The molecule has 1 aromatic carbocycles. The Balaban J connectivity index is 2.14. The van der Waals surface area contributed by atoms with Crippen LogP contribution in [-0.2, 0) is 13.1 Å². The fourth-order valence-electron chi connectivity index (χ4n) is 2.16. The molecular formula is C15H17N3O2. The molecule has 104 valence electrons. The second kappa shape index (κ2) is 6.16. The second-order valence-electron chi connectivity index (χ2n) is 4.71. The number of carboxylic acid groups (broad SMARTS) is 1. The SMILES string of the molecule is CN(Cc1ccncc1)Cc1cccc(N)c1C(=O)O. The number of benzene rings is 1. The van der Waals surface area contributed by atoms with Crippen molar-refractivity contribution in [3.63, 3.8) is 0 Å². The monoisotopic (exact) mass is 271 g/mol. The maximum atomic E-state index is 11.3. The minimum Gasteiger partial charge on any atom is -0.478 e. The molecule has 0 aliphatic heterocycles. The zero-order chi connectivity index (χ0) is 14.5. The molecule has 5 nitrogen and oxygen atoms in total. The number of anilines is 1. The Morgan fingerprint density at radius 2 is 1.95 bits per heavy atom. The third kappa shape index (κ3) is 3.33. The van der Waals surface area contributed by atoms with Crippen molar-refractivity contribution in [1.29, 1.82) is 0 Å². The van der Waals surface area contributed by atoms with E-state index in [0.717, 1.165) is 12.1 Å². The quantitative estimate of drug-likeness (QED) is 0.813. The maximum Gasteiger partial charge on any atom is 0.338 e. The van der Waals surface area contributed by atoms with Gasteiger partial charge in [0.2, 0.25) is 0 Å². The molecular weight excluding hydrogens is 254 g/mol. The lowest BCUT2D eigenvalue weighted by Crippen LogP contribution is -2.19.